The maximum atomic E-state index is 11.3. The third-order valence-electron chi connectivity index (χ3n) is 7.67. The van der Waals surface area contributed by atoms with E-state index in [4.69, 9.17) is 0 Å². The van der Waals surface area contributed by atoms with Crippen molar-refractivity contribution in [1.29, 1.82) is 0 Å². The second-order valence-electron chi connectivity index (χ2n) is 10.3. The van der Waals surface area contributed by atoms with Gasteiger partial charge in [0.05, 0.1) is 0 Å². The van der Waals surface area contributed by atoms with Crippen LogP contribution >= 0.6 is 0 Å². The van der Waals surface area contributed by atoms with Crippen LogP contribution in [0.3, 0.4) is 0 Å². The first-order valence-corrected chi connectivity index (χ1v) is 13.3. The van der Waals surface area contributed by atoms with Gasteiger partial charge < -0.3 is 20.9 Å². The fourth-order valence-corrected chi connectivity index (χ4v) is 5.51. The van der Waals surface area contributed by atoms with Crippen molar-refractivity contribution in [3.63, 3.8) is 0 Å². The van der Waals surface area contributed by atoms with Gasteiger partial charge in [-0.25, -0.2) is 0 Å². The lowest BCUT2D eigenvalue weighted by atomic mass is 9.82. The van der Waals surface area contributed by atoms with Crippen LogP contribution in [0.2, 0.25) is 0 Å². The van der Waals surface area contributed by atoms with Gasteiger partial charge in [0.15, 0.2) is 0 Å². The highest BCUT2D eigenvalue weighted by Gasteiger charge is 2.25. The molecule has 0 bridgehead atoms. The van der Waals surface area contributed by atoms with Crippen LogP contribution in [-0.4, -0.2) is 45.3 Å². The standard InChI is InChI=1S/C29H37N7O/c1-20(22-6-8-26(9-7-22)35-21(2)37)31-16-24-12-13-30-15-23(24)4-3-5-25-17-32-29-11-10-27(14-28(25)29)36-18-33-34-19-36/h6-11,14,17-20,23-24,30-32H,3-5,12-13,15-16H2,1-2H3,(H,35,37)/t20?,23?,24-/m0/s1. The maximum absolute atomic E-state index is 11.3. The summed E-state index contributed by atoms with van der Waals surface area (Å²) in [7, 11) is 0. The molecule has 2 aromatic carbocycles. The Balaban J connectivity index is 1.15. The van der Waals surface area contributed by atoms with Crippen LogP contribution in [0.5, 0.6) is 0 Å². The van der Waals surface area contributed by atoms with Crippen LogP contribution in [0.1, 0.15) is 50.3 Å². The van der Waals surface area contributed by atoms with Gasteiger partial charge >= 0.3 is 0 Å². The summed E-state index contributed by atoms with van der Waals surface area (Å²) in [6.07, 6.45) is 10.3. The van der Waals surface area contributed by atoms with Gasteiger partial charge in [-0.05, 0) is 106 Å². The second kappa shape index (κ2) is 11.7. The number of nitrogens with zero attached hydrogens (tertiary/aromatic N) is 3. The molecule has 0 spiro atoms. The molecule has 4 N–H and O–H groups in total. The number of aromatic amines is 1. The fourth-order valence-electron chi connectivity index (χ4n) is 5.51. The summed E-state index contributed by atoms with van der Waals surface area (Å²) < 4.78 is 1.94. The number of rotatable bonds is 10. The lowest BCUT2D eigenvalue weighted by Gasteiger charge is -2.33. The lowest BCUT2D eigenvalue weighted by molar-refractivity contribution is -0.114. The van der Waals surface area contributed by atoms with Crippen molar-refractivity contribution in [1.82, 2.24) is 30.4 Å². The Morgan fingerprint density at radius 2 is 1.95 bits per heavy atom. The van der Waals surface area contributed by atoms with Gasteiger partial charge in [0.25, 0.3) is 0 Å². The fraction of sp³-hybridized carbons (Fsp3) is 0.414. The molecule has 1 amide bonds. The third-order valence-corrected chi connectivity index (χ3v) is 7.67. The zero-order chi connectivity index (χ0) is 25.6. The van der Waals surface area contributed by atoms with Crippen molar-refractivity contribution in [2.75, 3.05) is 25.0 Å². The largest absolute Gasteiger partial charge is 0.361 e. The molecule has 1 aliphatic heterocycles. The Bertz CT molecular complexity index is 1300. The highest BCUT2D eigenvalue weighted by Crippen LogP contribution is 2.28. The smallest absolute Gasteiger partial charge is 0.221 e. The van der Waals surface area contributed by atoms with E-state index in [9.17, 15) is 4.79 Å². The number of amides is 1. The van der Waals surface area contributed by atoms with E-state index < -0.39 is 0 Å². The molecule has 1 aliphatic rings. The first-order valence-electron chi connectivity index (χ1n) is 13.3. The maximum Gasteiger partial charge on any atom is 0.221 e. The van der Waals surface area contributed by atoms with E-state index in [-0.39, 0.29) is 11.9 Å². The minimum absolute atomic E-state index is 0.0441. The summed E-state index contributed by atoms with van der Waals surface area (Å²) in [5, 5.41) is 19.4. The van der Waals surface area contributed by atoms with Gasteiger partial charge in [-0.1, -0.05) is 12.1 Å². The number of nitrogens with one attached hydrogen (secondary N) is 4. The van der Waals surface area contributed by atoms with E-state index in [1.165, 1.54) is 48.2 Å². The predicted octanol–water partition coefficient (Wildman–Crippen LogP) is 4.61. The average molecular weight is 500 g/mol. The predicted molar refractivity (Wildman–Crippen MR) is 148 cm³/mol. The van der Waals surface area contributed by atoms with Crippen LogP contribution < -0.4 is 16.0 Å². The normalized spacial score (nSPS) is 18.6. The number of aryl methyl sites for hydroxylation is 1. The molecule has 0 aliphatic carbocycles. The van der Waals surface area contributed by atoms with Gasteiger partial charge in [-0.2, -0.15) is 0 Å². The van der Waals surface area contributed by atoms with Crippen LogP contribution in [-0.2, 0) is 11.2 Å². The summed E-state index contributed by atoms with van der Waals surface area (Å²) >= 11 is 0. The quantitative estimate of drug-likeness (QED) is 0.255. The monoisotopic (exact) mass is 499 g/mol. The number of benzene rings is 2. The van der Waals surface area contributed by atoms with E-state index in [1.807, 2.05) is 16.7 Å². The molecule has 0 radical (unpaired) electrons. The summed E-state index contributed by atoms with van der Waals surface area (Å²) in [6, 6.07) is 14.9. The van der Waals surface area contributed by atoms with Crippen molar-refractivity contribution >= 4 is 22.5 Å². The Morgan fingerprint density at radius 3 is 2.73 bits per heavy atom. The van der Waals surface area contributed by atoms with E-state index in [2.05, 4.69) is 74.6 Å². The van der Waals surface area contributed by atoms with Gasteiger partial charge in [-0.3, -0.25) is 9.36 Å². The molecule has 1 fully saturated rings. The van der Waals surface area contributed by atoms with Gasteiger partial charge in [-0.15, -0.1) is 10.2 Å². The second-order valence-corrected chi connectivity index (χ2v) is 10.3. The molecule has 0 saturated carbocycles. The molecule has 8 nitrogen and oxygen atoms in total. The highest BCUT2D eigenvalue weighted by molar-refractivity contribution is 5.88. The minimum atomic E-state index is -0.0441. The van der Waals surface area contributed by atoms with Gasteiger partial charge in [0.2, 0.25) is 5.91 Å². The molecular weight excluding hydrogens is 462 g/mol. The summed E-state index contributed by atoms with van der Waals surface area (Å²) in [4.78, 5) is 14.7. The van der Waals surface area contributed by atoms with E-state index >= 15 is 0 Å². The van der Waals surface area contributed by atoms with Crippen LogP contribution in [0.25, 0.3) is 16.6 Å². The number of piperidine rings is 1. The molecule has 3 heterocycles. The number of hydrogen-bond acceptors (Lipinski definition) is 5. The molecule has 2 unspecified atom stereocenters. The topological polar surface area (TPSA) is 99.7 Å². The van der Waals surface area contributed by atoms with Crippen LogP contribution in [0, 0.1) is 11.8 Å². The number of anilines is 1. The molecule has 1 saturated heterocycles. The Morgan fingerprint density at radius 1 is 1.14 bits per heavy atom. The first-order chi connectivity index (χ1) is 18.1. The molecule has 37 heavy (non-hydrogen) atoms. The molecular formula is C29H37N7O. The van der Waals surface area contributed by atoms with Gasteiger partial charge in [0, 0.05) is 41.4 Å². The Labute approximate surface area is 218 Å². The van der Waals surface area contributed by atoms with Crippen LogP contribution in [0.4, 0.5) is 5.69 Å². The van der Waals surface area contributed by atoms with Crippen molar-refractivity contribution in [3.05, 3.63) is 72.4 Å². The minimum Gasteiger partial charge on any atom is -0.361 e. The Kier molecular flexibility index (Phi) is 7.96. The number of hydrogen-bond donors (Lipinski definition) is 4. The van der Waals surface area contributed by atoms with E-state index in [1.54, 1.807) is 12.7 Å². The highest BCUT2D eigenvalue weighted by atomic mass is 16.1. The number of fused-ring (bicyclic) bond motifs is 1. The summed E-state index contributed by atoms with van der Waals surface area (Å²) in [5.74, 6) is 1.30. The number of H-pyrrole nitrogens is 1. The zero-order valence-electron chi connectivity index (χ0n) is 21.7. The molecule has 4 aromatic rings. The average Bonchev–Trinajstić information content (AvgIpc) is 3.58. The molecule has 3 atom stereocenters. The zero-order valence-corrected chi connectivity index (χ0v) is 21.7. The molecule has 194 valence electrons. The molecule has 2 aromatic heterocycles. The first kappa shape index (κ1) is 25.2. The van der Waals surface area contributed by atoms with Crippen molar-refractivity contribution in [2.45, 2.75) is 45.6 Å². The SMILES string of the molecule is CC(=O)Nc1ccc(C(C)NC[C@@H]2CCNCC2CCCc2c[nH]c3ccc(-n4cnnc4)cc23)cc1. The van der Waals surface area contributed by atoms with Crippen molar-refractivity contribution in [3.8, 4) is 5.69 Å². The molecule has 5 rings (SSSR count). The third kappa shape index (κ3) is 6.26. The number of aromatic nitrogens is 4. The van der Waals surface area contributed by atoms with Crippen molar-refractivity contribution in [2.24, 2.45) is 11.8 Å². The number of carbonyl (C=O) groups excluding carboxylic acids is 1. The summed E-state index contributed by atoms with van der Waals surface area (Å²) in [6.45, 7) is 6.96. The number of carbonyl (C=O) groups is 1. The lowest BCUT2D eigenvalue weighted by Crippen LogP contribution is -2.41. The van der Waals surface area contributed by atoms with Gasteiger partial charge in [0.1, 0.15) is 12.7 Å². The van der Waals surface area contributed by atoms with Crippen molar-refractivity contribution < 1.29 is 4.79 Å². The molecule has 8 heteroatoms. The van der Waals surface area contributed by atoms with Crippen LogP contribution in [0.15, 0.2) is 61.3 Å². The van der Waals surface area contributed by atoms with E-state index in [0.29, 0.717) is 11.8 Å². The summed E-state index contributed by atoms with van der Waals surface area (Å²) in [5.41, 5.74) is 5.71. The van der Waals surface area contributed by atoms with E-state index in [0.717, 1.165) is 37.4 Å². The Hall–Kier alpha value is -3.49.